The zero-order chi connectivity index (χ0) is 22.8. The molecular formula is C24H32N4O3. The van der Waals surface area contributed by atoms with Crippen molar-refractivity contribution in [1.29, 1.82) is 0 Å². The van der Waals surface area contributed by atoms with Crippen LogP contribution in [-0.4, -0.2) is 42.3 Å². The Bertz CT molecular complexity index is 879. The number of likely N-dealkylation sites (N-methyl/N-ethyl adjacent to an activating group) is 1. The summed E-state index contributed by atoms with van der Waals surface area (Å²) in [6.07, 6.45) is 0.788. The number of rotatable bonds is 10. The Morgan fingerprint density at radius 1 is 0.839 bits per heavy atom. The van der Waals surface area contributed by atoms with E-state index in [1.54, 1.807) is 29.2 Å². The van der Waals surface area contributed by atoms with Gasteiger partial charge in [0.05, 0.1) is 19.1 Å². The summed E-state index contributed by atoms with van der Waals surface area (Å²) in [6.45, 7) is 8.25. The molecule has 7 nitrogen and oxygen atoms in total. The van der Waals surface area contributed by atoms with E-state index in [-0.39, 0.29) is 36.9 Å². The number of carbonyl (C=O) groups is 3. The van der Waals surface area contributed by atoms with Crippen LogP contribution >= 0.6 is 0 Å². The summed E-state index contributed by atoms with van der Waals surface area (Å²) in [4.78, 5) is 37.8. The number of amides is 3. The minimum atomic E-state index is -0.201. The molecule has 0 heterocycles. The maximum atomic E-state index is 12.6. The number of benzene rings is 2. The Balaban J connectivity index is 1.87. The lowest BCUT2D eigenvalue weighted by Crippen LogP contribution is -2.42. The molecule has 0 aliphatic rings. The molecule has 0 aliphatic carbocycles. The molecular weight excluding hydrogens is 392 g/mol. The molecule has 3 N–H and O–H groups in total. The molecule has 31 heavy (non-hydrogen) atoms. The molecule has 0 unspecified atom stereocenters. The minimum Gasteiger partial charge on any atom is -0.348 e. The van der Waals surface area contributed by atoms with Crippen molar-refractivity contribution in [3.05, 3.63) is 59.7 Å². The first-order valence-electron chi connectivity index (χ1n) is 10.6. The average molecular weight is 425 g/mol. The zero-order valence-electron chi connectivity index (χ0n) is 18.7. The lowest BCUT2D eigenvalue weighted by atomic mass is 10.0. The maximum absolute atomic E-state index is 12.6. The van der Waals surface area contributed by atoms with Crippen LogP contribution in [0.3, 0.4) is 0 Å². The van der Waals surface area contributed by atoms with Gasteiger partial charge in [-0.2, -0.15) is 0 Å². The Kier molecular flexibility index (Phi) is 9.21. The summed E-state index contributed by atoms with van der Waals surface area (Å²) < 4.78 is 0. The van der Waals surface area contributed by atoms with Gasteiger partial charge in [-0.1, -0.05) is 43.7 Å². The van der Waals surface area contributed by atoms with Crippen LogP contribution in [0.2, 0.25) is 0 Å². The summed E-state index contributed by atoms with van der Waals surface area (Å²) in [5, 5.41) is 8.56. The molecule has 7 heteroatoms. The number of nitrogens with zero attached hydrogens (tertiary/aromatic N) is 1. The van der Waals surface area contributed by atoms with E-state index in [0.29, 0.717) is 17.9 Å². The van der Waals surface area contributed by atoms with Gasteiger partial charge in [0.15, 0.2) is 0 Å². The second kappa shape index (κ2) is 11.9. The molecule has 0 aromatic heterocycles. The smallest absolute Gasteiger partial charge is 0.238 e. The van der Waals surface area contributed by atoms with Gasteiger partial charge in [-0.3, -0.25) is 19.3 Å². The fourth-order valence-corrected chi connectivity index (χ4v) is 3.19. The van der Waals surface area contributed by atoms with E-state index in [9.17, 15) is 14.4 Å². The van der Waals surface area contributed by atoms with E-state index >= 15 is 0 Å². The maximum Gasteiger partial charge on any atom is 0.238 e. The summed E-state index contributed by atoms with van der Waals surface area (Å²) in [5.41, 5.74) is 3.55. The molecule has 0 fully saturated rings. The van der Waals surface area contributed by atoms with Crippen LogP contribution in [0.4, 0.5) is 11.4 Å². The quantitative estimate of drug-likeness (QED) is 0.545. The van der Waals surface area contributed by atoms with Crippen LogP contribution in [0, 0.1) is 6.92 Å². The highest BCUT2D eigenvalue weighted by atomic mass is 16.2. The van der Waals surface area contributed by atoms with Gasteiger partial charge in [0.25, 0.3) is 0 Å². The Hall–Kier alpha value is -3.19. The van der Waals surface area contributed by atoms with Crippen LogP contribution in [0.15, 0.2) is 48.5 Å². The van der Waals surface area contributed by atoms with Gasteiger partial charge in [0, 0.05) is 18.3 Å². The Labute approximate surface area is 184 Å². The highest BCUT2D eigenvalue weighted by Crippen LogP contribution is 2.17. The molecule has 0 radical (unpaired) electrons. The molecule has 166 valence electrons. The van der Waals surface area contributed by atoms with Crippen molar-refractivity contribution in [3.8, 4) is 0 Å². The van der Waals surface area contributed by atoms with Crippen LogP contribution in [0.25, 0.3) is 0 Å². The highest BCUT2D eigenvalue weighted by Gasteiger charge is 2.17. The predicted molar refractivity (Wildman–Crippen MR) is 124 cm³/mol. The number of aryl methyl sites for hydroxylation is 1. The van der Waals surface area contributed by atoms with E-state index in [2.05, 4.69) is 16.0 Å². The lowest BCUT2D eigenvalue weighted by Gasteiger charge is -2.22. The van der Waals surface area contributed by atoms with Crippen molar-refractivity contribution >= 4 is 29.1 Å². The number of anilines is 2. The van der Waals surface area contributed by atoms with E-state index in [4.69, 9.17) is 0 Å². The number of carbonyl (C=O) groups excluding carboxylic acids is 3. The highest BCUT2D eigenvalue weighted by molar-refractivity contribution is 5.93. The van der Waals surface area contributed by atoms with Gasteiger partial charge >= 0.3 is 0 Å². The Morgan fingerprint density at radius 2 is 1.39 bits per heavy atom. The number of hydrogen-bond donors (Lipinski definition) is 3. The lowest BCUT2D eigenvalue weighted by molar-refractivity contribution is -0.124. The number of hydrogen-bond acceptors (Lipinski definition) is 4. The van der Waals surface area contributed by atoms with Crippen LogP contribution in [0.1, 0.15) is 44.4 Å². The SMILES string of the molecule is CC[C@@H](NC(=O)CN(CC)CC(=O)Nc1ccc(NC(C)=O)cc1)c1ccc(C)cc1. The van der Waals surface area contributed by atoms with Gasteiger partial charge in [0.2, 0.25) is 17.7 Å². The van der Waals surface area contributed by atoms with Gasteiger partial charge in [-0.05, 0) is 49.7 Å². The molecule has 0 bridgehead atoms. The van der Waals surface area contributed by atoms with Crippen LogP contribution < -0.4 is 16.0 Å². The van der Waals surface area contributed by atoms with Gasteiger partial charge in [0.1, 0.15) is 0 Å². The van der Waals surface area contributed by atoms with Crippen molar-refractivity contribution in [2.75, 3.05) is 30.3 Å². The molecule has 2 rings (SSSR count). The van der Waals surface area contributed by atoms with Crippen molar-refractivity contribution in [1.82, 2.24) is 10.2 Å². The third kappa shape index (κ3) is 8.22. The normalized spacial score (nSPS) is 11.6. The third-order valence-electron chi connectivity index (χ3n) is 4.89. The van der Waals surface area contributed by atoms with E-state index in [1.807, 2.05) is 45.0 Å². The molecule has 2 aromatic carbocycles. The molecule has 2 aromatic rings. The molecule has 0 saturated heterocycles. The summed E-state index contributed by atoms with van der Waals surface area (Å²) in [7, 11) is 0. The van der Waals surface area contributed by atoms with Gasteiger partial charge in [-0.15, -0.1) is 0 Å². The van der Waals surface area contributed by atoms with Crippen molar-refractivity contribution in [3.63, 3.8) is 0 Å². The van der Waals surface area contributed by atoms with Crippen LogP contribution in [0.5, 0.6) is 0 Å². The first kappa shape index (κ1) is 24.1. The summed E-state index contributed by atoms with van der Waals surface area (Å²) in [6, 6.07) is 15.0. The van der Waals surface area contributed by atoms with E-state index in [0.717, 1.165) is 12.0 Å². The number of nitrogens with one attached hydrogen (secondary N) is 3. The molecule has 0 saturated carbocycles. The monoisotopic (exact) mass is 424 g/mol. The molecule has 1 atom stereocenters. The van der Waals surface area contributed by atoms with Crippen LogP contribution in [-0.2, 0) is 14.4 Å². The predicted octanol–water partition coefficient (Wildman–Crippen LogP) is 3.48. The second-order valence-corrected chi connectivity index (χ2v) is 7.55. The molecule has 0 spiro atoms. The average Bonchev–Trinajstić information content (AvgIpc) is 2.73. The first-order chi connectivity index (χ1) is 14.8. The van der Waals surface area contributed by atoms with E-state index in [1.165, 1.54) is 12.5 Å². The summed E-state index contributed by atoms with van der Waals surface area (Å²) in [5.74, 6) is -0.462. The van der Waals surface area contributed by atoms with Crippen molar-refractivity contribution in [2.24, 2.45) is 0 Å². The van der Waals surface area contributed by atoms with Crippen molar-refractivity contribution < 1.29 is 14.4 Å². The summed E-state index contributed by atoms with van der Waals surface area (Å²) >= 11 is 0. The standard InChI is InChI=1S/C24H32N4O3/c1-5-22(19-9-7-17(3)8-10-19)27-24(31)16-28(6-2)15-23(30)26-21-13-11-20(12-14-21)25-18(4)29/h7-14,22H,5-6,15-16H2,1-4H3,(H,25,29)(H,26,30)(H,27,31)/t22-/m1/s1. The van der Waals surface area contributed by atoms with Gasteiger partial charge in [-0.25, -0.2) is 0 Å². The fraction of sp³-hybridized carbons (Fsp3) is 0.375. The molecule has 3 amide bonds. The first-order valence-corrected chi connectivity index (χ1v) is 10.6. The third-order valence-corrected chi connectivity index (χ3v) is 4.89. The van der Waals surface area contributed by atoms with Crippen molar-refractivity contribution in [2.45, 2.75) is 40.2 Å². The largest absolute Gasteiger partial charge is 0.348 e. The van der Waals surface area contributed by atoms with E-state index < -0.39 is 0 Å². The minimum absolute atomic E-state index is 0.0530. The molecule has 0 aliphatic heterocycles. The fourth-order valence-electron chi connectivity index (χ4n) is 3.19. The Morgan fingerprint density at radius 3 is 1.90 bits per heavy atom. The zero-order valence-corrected chi connectivity index (χ0v) is 18.7. The second-order valence-electron chi connectivity index (χ2n) is 7.55. The topological polar surface area (TPSA) is 90.5 Å². The van der Waals surface area contributed by atoms with Gasteiger partial charge < -0.3 is 16.0 Å².